The Balaban J connectivity index is 1.53. The number of rotatable bonds is 7. The van der Waals surface area contributed by atoms with Gasteiger partial charge in [-0.05, 0) is 62.4 Å². The molecule has 1 atom stereocenters. The molecule has 8 nitrogen and oxygen atoms in total. The predicted molar refractivity (Wildman–Crippen MR) is 141 cm³/mol. The fourth-order valence-corrected chi connectivity index (χ4v) is 5.57. The molecule has 0 radical (unpaired) electrons. The van der Waals surface area contributed by atoms with Crippen LogP contribution in [0, 0.1) is 5.92 Å². The lowest BCUT2D eigenvalue weighted by Gasteiger charge is -2.33. The summed E-state index contributed by atoms with van der Waals surface area (Å²) in [6, 6.07) is 8.70. The zero-order valence-corrected chi connectivity index (χ0v) is 21.4. The van der Waals surface area contributed by atoms with Crippen LogP contribution in [0.25, 0.3) is 11.2 Å². The molecule has 35 heavy (non-hydrogen) atoms. The fraction of sp³-hybridized carbons (Fsp3) is 0.593. The Morgan fingerprint density at radius 2 is 1.74 bits per heavy atom. The van der Waals surface area contributed by atoms with Gasteiger partial charge in [0.05, 0.1) is 0 Å². The molecule has 0 bridgehead atoms. The molecule has 5 rings (SSSR count). The SMILES string of the molecule is CCCCc1ccc(N2CC(C)Cn3c2nc2c3c(=O)n(CCN3CCCCC3)c(=O)n2C)cc1. The number of nitrogens with zero attached hydrogens (tertiary/aromatic N) is 6. The van der Waals surface area contributed by atoms with Crippen LogP contribution in [0.4, 0.5) is 11.6 Å². The maximum Gasteiger partial charge on any atom is 0.332 e. The Bertz CT molecular complexity index is 1300. The van der Waals surface area contributed by atoms with Crippen LogP contribution in [0.1, 0.15) is 51.5 Å². The van der Waals surface area contributed by atoms with E-state index in [1.807, 2.05) is 4.57 Å². The molecule has 3 aromatic rings. The van der Waals surface area contributed by atoms with E-state index in [2.05, 4.69) is 47.9 Å². The minimum atomic E-state index is -0.283. The Morgan fingerprint density at radius 1 is 1.00 bits per heavy atom. The van der Waals surface area contributed by atoms with Crippen LogP contribution >= 0.6 is 0 Å². The number of aryl methyl sites for hydroxylation is 2. The Kier molecular flexibility index (Phi) is 6.82. The summed E-state index contributed by atoms with van der Waals surface area (Å²) in [5, 5.41) is 0. The molecule has 2 aromatic heterocycles. The van der Waals surface area contributed by atoms with Crippen LogP contribution in [-0.4, -0.2) is 49.8 Å². The zero-order valence-electron chi connectivity index (χ0n) is 21.4. The van der Waals surface area contributed by atoms with Crippen LogP contribution in [0.5, 0.6) is 0 Å². The smallest absolute Gasteiger partial charge is 0.312 e. The van der Waals surface area contributed by atoms with Gasteiger partial charge in [-0.25, -0.2) is 4.79 Å². The van der Waals surface area contributed by atoms with E-state index in [0.717, 1.165) is 50.8 Å². The first kappa shape index (κ1) is 23.9. The van der Waals surface area contributed by atoms with Crippen molar-refractivity contribution >= 4 is 22.8 Å². The minimum absolute atomic E-state index is 0.220. The van der Waals surface area contributed by atoms with Crippen molar-refractivity contribution in [2.24, 2.45) is 13.0 Å². The van der Waals surface area contributed by atoms with E-state index in [1.165, 1.54) is 42.2 Å². The third-order valence-electron chi connectivity index (χ3n) is 7.60. The highest BCUT2D eigenvalue weighted by molar-refractivity contribution is 5.77. The van der Waals surface area contributed by atoms with E-state index in [1.54, 1.807) is 11.6 Å². The summed E-state index contributed by atoms with van der Waals surface area (Å²) < 4.78 is 5.00. The molecule has 0 spiro atoms. The normalized spacial score (nSPS) is 18.8. The molecule has 0 N–H and O–H groups in total. The summed E-state index contributed by atoms with van der Waals surface area (Å²) in [6.07, 6.45) is 7.11. The van der Waals surface area contributed by atoms with Crippen LogP contribution < -0.4 is 16.1 Å². The highest BCUT2D eigenvalue weighted by Gasteiger charge is 2.30. The number of unbranched alkanes of at least 4 members (excludes halogenated alkanes) is 1. The third kappa shape index (κ3) is 4.56. The van der Waals surface area contributed by atoms with Crippen LogP contribution in [0.15, 0.2) is 33.9 Å². The maximum absolute atomic E-state index is 13.7. The number of fused-ring (bicyclic) bond motifs is 3. The molecule has 1 aromatic carbocycles. The van der Waals surface area contributed by atoms with E-state index < -0.39 is 0 Å². The lowest BCUT2D eigenvalue weighted by Crippen LogP contribution is -2.43. The highest BCUT2D eigenvalue weighted by atomic mass is 16.2. The van der Waals surface area contributed by atoms with E-state index >= 15 is 0 Å². The van der Waals surface area contributed by atoms with Crippen LogP contribution in [0.3, 0.4) is 0 Å². The van der Waals surface area contributed by atoms with Gasteiger partial charge in [0, 0.05) is 38.9 Å². The van der Waals surface area contributed by atoms with Crippen LogP contribution in [0.2, 0.25) is 0 Å². The lowest BCUT2D eigenvalue weighted by atomic mass is 10.1. The van der Waals surface area contributed by atoms with Crippen molar-refractivity contribution in [2.45, 2.75) is 65.5 Å². The molecular formula is C27H38N6O2. The van der Waals surface area contributed by atoms with Crippen molar-refractivity contribution in [1.29, 1.82) is 0 Å². The first-order valence-electron chi connectivity index (χ1n) is 13.3. The quantitative estimate of drug-likeness (QED) is 0.520. The lowest BCUT2D eigenvalue weighted by molar-refractivity contribution is 0.218. The molecule has 2 aliphatic heterocycles. The van der Waals surface area contributed by atoms with Gasteiger partial charge < -0.3 is 14.4 Å². The Hall–Kier alpha value is -2.87. The average Bonchev–Trinajstić information content (AvgIpc) is 3.26. The van der Waals surface area contributed by atoms with E-state index in [-0.39, 0.29) is 11.2 Å². The monoisotopic (exact) mass is 478 g/mol. The summed E-state index contributed by atoms with van der Waals surface area (Å²) in [6.45, 7) is 9.20. The van der Waals surface area contributed by atoms with Gasteiger partial charge in [-0.2, -0.15) is 4.98 Å². The maximum atomic E-state index is 13.7. The zero-order chi connectivity index (χ0) is 24.5. The van der Waals surface area contributed by atoms with Gasteiger partial charge in [0.2, 0.25) is 5.95 Å². The minimum Gasteiger partial charge on any atom is -0.312 e. The molecule has 4 heterocycles. The first-order valence-corrected chi connectivity index (χ1v) is 13.3. The molecule has 0 amide bonds. The van der Waals surface area contributed by atoms with E-state index in [4.69, 9.17) is 4.98 Å². The van der Waals surface area contributed by atoms with Gasteiger partial charge in [-0.15, -0.1) is 0 Å². The van der Waals surface area contributed by atoms with Gasteiger partial charge in [0.25, 0.3) is 5.56 Å². The second-order valence-corrected chi connectivity index (χ2v) is 10.4. The molecule has 1 saturated heterocycles. The number of anilines is 2. The summed E-state index contributed by atoms with van der Waals surface area (Å²) in [4.78, 5) is 36.2. The van der Waals surface area contributed by atoms with Crippen LogP contribution in [-0.2, 0) is 26.6 Å². The molecule has 0 saturated carbocycles. The third-order valence-corrected chi connectivity index (χ3v) is 7.60. The van der Waals surface area contributed by atoms with Gasteiger partial charge >= 0.3 is 5.69 Å². The van der Waals surface area contributed by atoms with Gasteiger partial charge in [0.15, 0.2) is 11.2 Å². The fourth-order valence-electron chi connectivity index (χ4n) is 5.57. The first-order chi connectivity index (χ1) is 17.0. The number of hydrogen-bond donors (Lipinski definition) is 0. The summed E-state index contributed by atoms with van der Waals surface area (Å²) >= 11 is 0. The van der Waals surface area contributed by atoms with Gasteiger partial charge in [-0.1, -0.05) is 38.8 Å². The van der Waals surface area contributed by atoms with Gasteiger partial charge in [0.1, 0.15) is 0 Å². The largest absolute Gasteiger partial charge is 0.332 e. The van der Waals surface area contributed by atoms with E-state index in [0.29, 0.717) is 23.6 Å². The predicted octanol–water partition coefficient (Wildman–Crippen LogP) is 3.51. The second-order valence-electron chi connectivity index (χ2n) is 10.4. The number of hydrogen-bond acceptors (Lipinski definition) is 5. The van der Waals surface area contributed by atoms with E-state index in [9.17, 15) is 9.59 Å². The number of likely N-dealkylation sites (tertiary alicyclic amines) is 1. The van der Waals surface area contributed by atoms with Crippen molar-refractivity contribution in [3.05, 3.63) is 50.7 Å². The number of piperidine rings is 1. The number of imidazole rings is 1. The molecule has 1 unspecified atom stereocenters. The molecule has 2 aliphatic rings. The summed E-state index contributed by atoms with van der Waals surface area (Å²) in [5.74, 6) is 1.10. The molecular weight excluding hydrogens is 440 g/mol. The van der Waals surface area contributed by atoms with Crippen molar-refractivity contribution in [3.8, 4) is 0 Å². The molecule has 1 fully saturated rings. The number of aromatic nitrogens is 4. The number of benzene rings is 1. The topological polar surface area (TPSA) is 68.3 Å². The van der Waals surface area contributed by atoms with Crippen molar-refractivity contribution in [1.82, 2.24) is 23.6 Å². The highest BCUT2D eigenvalue weighted by Crippen LogP contribution is 2.33. The standard InChI is InChI=1S/C27H38N6O2/c1-4-5-9-21-10-12-22(13-11-21)32-18-20(2)19-33-23-24(28-26(32)33)29(3)27(35)31(25(23)34)17-16-30-14-7-6-8-15-30/h10-13,20H,4-9,14-19H2,1-3H3. The summed E-state index contributed by atoms with van der Waals surface area (Å²) in [5.41, 5.74) is 2.93. The van der Waals surface area contributed by atoms with Crippen molar-refractivity contribution < 1.29 is 0 Å². The summed E-state index contributed by atoms with van der Waals surface area (Å²) in [7, 11) is 1.73. The molecule has 0 aliphatic carbocycles. The van der Waals surface area contributed by atoms with Crippen molar-refractivity contribution in [2.75, 3.05) is 31.1 Å². The Morgan fingerprint density at radius 3 is 2.46 bits per heavy atom. The second kappa shape index (κ2) is 10.0. The van der Waals surface area contributed by atoms with Crippen molar-refractivity contribution in [3.63, 3.8) is 0 Å². The van der Waals surface area contributed by atoms with Gasteiger partial charge in [-0.3, -0.25) is 13.9 Å². The molecule has 8 heteroatoms. The Labute approximate surface area is 206 Å². The molecule has 188 valence electrons. The average molecular weight is 479 g/mol.